The van der Waals surface area contributed by atoms with E-state index in [4.69, 9.17) is 11.6 Å². The average Bonchev–Trinajstić information content (AvgIpc) is 2.69. The van der Waals surface area contributed by atoms with Crippen molar-refractivity contribution in [3.05, 3.63) is 40.9 Å². The SMILES string of the molecule is CC1CCCn2c(-c3ccccc3F)nc(Cl)c21. The van der Waals surface area contributed by atoms with E-state index in [0.717, 1.165) is 25.1 Å². The third-order valence-corrected chi connectivity index (χ3v) is 3.84. The van der Waals surface area contributed by atoms with Gasteiger partial charge in [0.15, 0.2) is 5.15 Å². The molecular formula is C14H14ClFN2. The first-order valence-electron chi connectivity index (χ1n) is 6.19. The first-order chi connectivity index (χ1) is 8.68. The largest absolute Gasteiger partial charge is 0.326 e. The zero-order valence-electron chi connectivity index (χ0n) is 10.2. The third-order valence-electron chi connectivity index (χ3n) is 3.56. The molecular weight excluding hydrogens is 251 g/mol. The summed E-state index contributed by atoms with van der Waals surface area (Å²) in [5.41, 5.74) is 1.57. The first-order valence-corrected chi connectivity index (χ1v) is 6.57. The predicted molar refractivity (Wildman–Crippen MR) is 70.3 cm³/mol. The minimum Gasteiger partial charge on any atom is -0.326 e. The molecule has 1 aromatic heterocycles. The molecule has 4 heteroatoms. The lowest BCUT2D eigenvalue weighted by molar-refractivity contribution is 0.477. The van der Waals surface area contributed by atoms with Crippen molar-refractivity contribution < 1.29 is 4.39 Å². The molecule has 0 N–H and O–H groups in total. The summed E-state index contributed by atoms with van der Waals surface area (Å²) in [4.78, 5) is 4.36. The van der Waals surface area contributed by atoms with Crippen LogP contribution in [-0.4, -0.2) is 9.55 Å². The van der Waals surface area contributed by atoms with Crippen LogP contribution in [0.3, 0.4) is 0 Å². The first kappa shape index (κ1) is 11.7. The molecule has 0 bridgehead atoms. The van der Waals surface area contributed by atoms with E-state index in [1.54, 1.807) is 12.1 Å². The Morgan fingerprint density at radius 1 is 1.39 bits per heavy atom. The average molecular weight is 265 g/mol. The maximum Gasteiger partial charge on any atom is 0.151 e. The summed E-state index contributed by atoms with van der Waals surface area (Å²) in [7, 11) is 0. The van der Waals surface area contributed by atoms with Crippen LogP contribution < -0.4 is 0 Å². The van der Waals surface area contributed by atoms with Gasteiger partial charge in [-0.2, -0.15) is 0 Å². The van der Waals surface area contributed by atoms with Gasteiger partial charge in [-0.25, -0.2) is 9.37 Å². The highest BCUT2D eigenvalue weighted by Gasteiger charge is 2.25. The lowest BCUT2D eigenvalue weighted by Crippen LogP contribution is -2.14. The van der Waals surface area contributed by atoms with Crippen molar-refractivity contribution in [2.45, 2.75) is 32.2 Å². The summed E-state index contributed by atoms with van der Waals surface area (Å²) >= 11 is 6.21. The van der Waals surface area contributed by atoms with Gasteiger partial charge in [0, 0.05) is 6.54 Å². The minimum absolute atomic E-state index is 0.250. The number of halogens is 2. The molecule has 1 atom stereocenters. The zero-order chi connectivity index (χ0) is 12.7. The molecule has 0 fully saturated rings. The van der Waals surface area contributed by atoms with Crippen molar-refractivity contribution in [3.8, 4) is 11.4 Å². The molecule has 0 saturated heterocycles. The Bertz CT molecular complexity index is 591. The lowest BCUT2D eigenvalue weighted by Gasteiger charge is -2.22. The Labute approximate surface area is 110 Å². The summed E-state index contributed by atoms with van der Waals surface area (Å²) in [6, 6.07) is 6.71. The van der Waals surface area contributed by atoms with Crippen molar-refractivity contribution in [1.29, 1.82) is 0 Å². The van der Waals surface area contributed by atoms with Crippen LogP contribution in [0.1, 0.15) is 31.4 Å². The van der Waals surface area contributed by atoms with Gasteiger partial charge < -0.3 is 4.57 Å². The van der Waals surface area contributed by atoms with Crippen LogP contribution in [0.5, 0.6) is 0 Å². The molecule has 0 radical (unpaired) electrons. The van der Waals surface area contributed by atoms with Gasteiger partial charge in [-0.05, 0) is 30.9 Å². The molecule has 1 aliphatic heterocycles. The van der Waals surface area contributed by atoms with Crippen molar-refractivity contribution >= 4 is 11.6 Å². The van der Waals surface area contributed by atoms with Gasteiger partial charge >= 0.3 is 0 Å². The molecule has 1 aromatic carbocycles. The second-order valence-corrected chi connectivity index (χ2v) is 5.14. The molecule has 0 aliphatic carbocycles. The van der Waals surface area contributed by atoms with Crippen LogP contribution >= 0.6 is 11.6 Å². The fourth-order valence-corrected chi connectivity index (χ4v) is 3.04. The monoisotopic (exact) mass is 264 g/mol. The predicted octanol–water partition coefficient (Wildman–Crippen LogP) is 4.24. The van der Waals surface area contributed by atoms with Gasteiger partial charge in [-0.15, -0.1) is 0 Å². The molecule has 18 heavy (non-hydrogen) atoms. The van der Waals surface area contributed by atoms with Gasteiger partial charge in [0.2, 0.25) is 0 Å². The lowest BCUT2D eigenvalue weighted by atomic mass is 9.98. The highest BCUT2D eigenvalue weighted by molar-refractivity contribution is 6.30. The molecule has 1 unspecified atom stereocenters. The Morgan fingerprint density at radius 2 is 2.17 bits per heavy atom. The normalized spacial score (nSPS) is 18.7. The van der Waals surface area contributed by atoms with E-state index in [9.17, 15) is 4.39 Å². The number of hydrogen-bond acceptors (Lipinski definition) is 1. The van der Waals surface area contributed by atoms with E-state index in [-0.39, 0.29) is 5.82 Å². The molecule has 94 valence electrons. The molecule has 3 rings (SSSR count). The molecule has 2 heterocycles. The van der Waals surface area contributed by atoms with Gasteiger partial charge in [0.1, 0.15) is 11.6 Å². The minimum atomic E-state index is -0.250. The fourth-order valence-electron chi connectivity index (χ4n) is 2.67. The van der Waals surface area contributed by atoms with Gasteiger partial charge in [-0.3, -0.25) is 0 Å². The molecule has 1 aliphatic rings. The quantitative estimate of drug-likeness (QED) is 0.753. The van der Waals surface area contributed by atoms with Crippen molar-refractivity contribution in [2.24, 2.45) is 0 Å². The fraction of sp³-hybridized carbons (Fsp3) is 0.357. The number of aromatic nitrogens is 2. The Balaban J connectivity index is 2.20. The Kier molecular flexibility index (Phi) is 2.86. The van der Waals surface area contributed by atoms with E-state index in [0.29, 0.717) is 22.5 Å². The number of nitrogens with zero attached hydrogens (tertiary/aromatic N) is 2. The van der Waals surface area contributed by atoms with Crippen LogP contribution in [0.25, 0.3) is 11.4 Å². The van der Waals surface area contributed by atoms with Crippen LogP contribution in [0.2, 0.25) is 5.15 Å². The highest BCUT2D eigenvalue weighted by atomic mass is 35.5. The summed E-state index contributed by atoms with van der Waals surface area (Å²) in [6.07, 6.45) is 2.20. The van der Waals surface area contributed by atoms with E-state index in [1.807, 2.05) is 6.07 Å². The van der Waals surface area contributed by atoms with Crippen molar-refractivity contribution in [2.75, 3.05) is 0 Å². The Morgan fingerprint density at radius 3 is 2.94 bits per heavy atom. The second kappa shape index (κ2) is 4.39. The van der Waals surface area contributed by atoms with Crippen molar-refractivity contribution in [3.63, 3.8) is 0 Å². The maximum absolute atomic E-state index is 13.9. The third kappa shape index (κ3) is 1.74. The summed E-state index contributed by atoms with van der Waals surface area (Å²) in [5.74, 6) is 0.791. The van der Waals surface area contributed by atoms with E-state index in [2.05, 4.69) is 16.5 Å². The van der Waals surface area contributed by atoms with E-state index in [1.165, 1.54) is 6.07 Å². The molecule has 2 nitrogen and oxygen atoms in total. The smallest absolute Gasteiger partial charge is 0.151 e. The van der Waals surface area contributed by atoms with E-state index < -0.39 is 0 Å². The number of benzene rings is 1. The zero-order valence-corrected chi connectivity index (χ0v) is 10.9. The summed E-state index contributed by atoms with van der Waals surface area (Å²) in [6.45, 7) is 3.01. The van der Waals surface area contributed by atoms with E-state index >= 15 is 0 Å². The Hall–Kier alpha value is -1.35. The molecule has 0 saturated carbocycles. The number of fused-ring (bicyclic) bond motifs is 1. The highest BCUT2D eigenvalue weighted by Crippen LogP contribution is 2.36. The summed E-state index contributed by atoms with van der Waals surface area (Å²) < 4.78 is 15.9. The summed E-state index contributed by atoms with van der Waals surface area (Å²) in [5, 5.41) is 0.514. The maximum atomic E-state index is 13.9. The standard InChI is InChI=1S/C14H14ClFN2/c1-9-5-4-8-18-12(9)13(15)17-14(18)10-6-2-3-7-11(10)16/h2-3,6-7,9H,4-5,8H2,1H3. The number of imidazole rings is 1. The number of hydrogen-bond donors (Lipinski definition) is 0. The van der Waals surface area contributed by atoms with Gasteiger partial charge in [0.25, 0.3) is 0 Å². The van der Waals surface area contributed by atoms with Crippen molar-refractivity contribution in [1.82, 2.24) is 9.55 Å². The van der Waals surface area contributed by atoms with Crippen LogP contribution in [0.4, 0.5) is 4.39 Å². The van der Waals surface area contributed by atoms with Crippen LogP contribution in [0, 0.1) is 5.82 Å². The number of rotatable bonds is 1. The van der Waals surface area contributed by atoms with Crippen LogP contribution in [-0.2, 0) is 6.54 Å². The molecule has 0 spiro atoms. The molecule has 2 aromatic rings. The molecule has 0 amide bonds. The topological polar surface area (TPSA) is 17.8 Å². The van der Waals surface area contributed by atoms with Gasteiger partial charge in [0.05, 0.1) is 11.3 Å². The van der Waals surface area contributed by atoms with Crippen LogP contribution in [0.15, 0.2) is 24.3 Å². The van der Waals surface area contributed by atoms with Gasteiger partial charge in [-0.1, -0.05) is 30.7 Å². The second-order valence-electron chi connectivity index (χ2n) is 4.79.